The first-order valence-electron chi connectivity index (χ1n) is 14.5. The molecule has 2 aliphatic rings. The van der Waals surface area contributed by atoms with Gasteiger partial charge in [-0.1, -0.05) is 54.2 Å². The van der Waals surface area contributed by atoms with Crippen molar-refractivity contribution in [2.24, 2.45) is 0 Å². The largest absolute Gasteiger partial charge is 0.492 e. The predicted octanol–water partition coefficient (Wildman–Crippen LogP) is 6.18. The summed E-state index contributed by atoms with van der Waals surface area (Å²) < 4.78 is 19.1. The van der Waals surface area contributed by atoms with Crippen LogP contribution in [0.2, 0.25) is 0 Å². The first kappa shape index (κ1) is 30.0. The molecular weight excluding hydrogens is 548 g/mol. The van der Waals surface area contributed by atoms with Crippen LogP contribution in [0.1, 0.15) is 46.7 Å². The molecule has 2 heterocycles. The lowest BCUT2D eigenvalue weighted by atomic mass is 9.87. The number of hydrogen-bond donors (Lipinski definition) is 1. The van der Waals surface area contributed by atoms with Gasteiger partial charge in [0.2, 0.25) is 5.91 Å². The van der Waals surface area contributed by atoms with Gasteiger partial charge in [-0.3, -0.25) is 19.8 Å². The van der Waals surface area contributed by atoms with E-state index in [1.54, 1.807) is 0 Å². The van der Waals surface area contributed by atoms with Gasteiger partial charge in [0.25, 0.3) is 5.24 Å². The summed E-state index contributed by atoms with van der Waals surface area (Å²) in [5, 5.41) is 1.70. The zero-order valence-corrected chi connectivity index (χ0v) is 25.9. The second-order valence-electron chi connectivity index (χ2n) is 11.7. The summed E-state index contributed by atoms with van der Waals surface area (Å²) >= 11 is 1.05. The predicted molar refractivity (Wildman–Crippen MR) is 167 cm³/mol. The molecule has 8 heteroatoms. The Labute approximate surface area is 252 Å². The van der Waals surface area contributed by atoms with Gasteiger partial charge in [0.05, 0.1) is 5.25 Å². The topological polar surface area (TPSA) is 77.1 Å². The molecule has 0 saturated carbocycles. The van der Waals surface area contributed by atoms with Crippen LogP contribution in [0.3, 0.4) is 0 Å². The fourth-order valence-electron chi connectivity index (χ4n) is 5.77. The van der Waals surface area contributed by atoms with Crippen LogP contribution in [0.15, 0.2) is 54.6 Å². The number of hydrogen-bond acceptors (Lipinski definition) is 7. The van der Waals surface area contributed by atoms with Crippen LogP contribution >= 0.6 is 11.8 Å². The summed E-state index contributed by atoms with van der Waals surface area (Å²) in [5.74, 6) is 2.55. The molecule has 2 amide bonds. The number of ether oxygens (including phenoxy) is 3. The van der Waals surface area contributed by atoms with Crippen LogP contribution < -0.4 is 19.5 Å². The molecule has 2 atom stereocenters. The summed E-state index contributed by atoms with van der Waals surface area (Å²) in [7, 11) is 2.10. The number of fused-ring (bicyclic) bond motifs is 1. The smallest absolute Gasteiger partial charge is 0.286 e. The fraction of sp³-hybridized carbons (Fsp3) is 0.412. The Hall–Kier alpha value is -3.49. The van der Waals surface area contributed by atoms with Crippen molar-refractivity contribution in [3.05, 3.63) is 88.0 Å². The Morgan fingerprint density at radius 1 is 0.976 bits per heavy atom. The van der Waals surface area contributed by atoms with E-state index >= 15 is 0 Å². The Morgan fingerprint density at radius 3 is 2.40 bits per heavy atom. The molecule has 2 unspecified atom stereocenters. The van der Waals surface area contributed by atoms with E-state index in [4.69, 9.17) is 14.2 Å². The third-order valence-electron chi connectivity index (χ3n) is 8.25. The minimum Gasteiger partial charge on any atom is -0.492 e. The maximum Gasteiger partial charge on any atom is 0.286 e. The van der Waals surface area contributed by atoms with E-state index in [0.29, 0.717) is 19.6 Å². The number of rotatable bonds is 11. The monoisotopic (exact) mass is 588 g/mol. The quantitative estimate of drug-likeness (QED) is 0.287. The molecule has 5 rings (SSSR count). The molecule has 7 nitrogen and oxygen atoms in total. The van der Waals surface area contributed by atoms with Crippen molar-refractivity contribution in [3.8, 4) is 17.2 Å². The van der Waals surface area contributed by atoms with Gasteiger partial charge in [-0.25, -0.2) is 0 Å². The minimum atomic E-state index is -0.361. The third-order valence-corrected chi connectivity index (χ3v) is 9.23. The van der Waals surface area contributed by atoms with Crippen molar-refractivity contribution in [2.45, 2.75) is 64.4 Å². The van der Waals surface area contributed by atoms with Crippen LogP contribution in [0.25, 0.3) is 0 Å². The molecule has 0 aromatic heterocycles. The molecule has 0 radical (unpaired) electrons. The molecule has 0 bridgehead atoms. The molecule has 1 fully saturated rings. The normalized spacial score (nSPS) is 19.8. The Morgan fingerprint density at radius 2 is 1.71 bits per heavy atom. The number of carbonyl (C=O) groups is 2. The summed E-state index contributed by atoms with van der Waals surface area (Å²) in [6, 6.07) is 18.0. The van der Waals surface area contributed by atoms with Crippen molar-refractivity contribution in [1.82, 2.24) is 10.2 Å². The van der Waals surface area contributed by atoms with Crippen LogP contribution in [-0.2, 0) is 24.2 Å². The second-order valence-corrected chi connectivity index (χ2v) is 12.8. The van der Waals surface area contributed by atoms with E-state index in [-0.39, 0.29) is 22.0 Å². The lowest BCUT2D eigenvalue weighted by Crippen LogP contribution is -2.47. The lowest BCUT2D eigenvalue weighted by Gasteiger charge is -2.40. The third kappa shape index (κ3) is 6.93. The van der Waals surface area contributed by atoms with Gasteiger partial charge in [-0.15, -0.1) is 0 Å². The molecule has 222 valence electrons. The summed E-state index contributed by atoms with van der Waals surface area (Å²) in [6.07, 6.45) is 2.40. The van der Waals surface area contributed by atoms with Gasteiger partial charge in [-0.05, 0) is 94.0 Å². The second kappa shape index (κ2) is 12.8. The van der Waals surface area contributed by atoms with Crippen LogP contribution in [0.5, 0.6) is 17.2 Å². The number of carbonyl (C=O) groups excluding carboxylic acids is 2. The molecule has 1 saturated heterocycles. The SMILES string of the molecule is Cc1c(C)c2c(c(C)c1OCc1ccccc1)CCC(C)(CN(C)CCOc1ccc(CC3SC(=O)NC3=O)cc1)O2. The maximum atomic E-state index is 11.8. The van der Waals surface area contributed by atoms with E-state index in [1.807, 2.05) is 42.5 Å². The molecule has 3 aromatic carbocycles. The Balaban J connectivity index is 1.13. The van der Waals surface area contributed by atoms with Crippen molar-refractivity contribution >= 4 is 22.9 Å². The fourth-order valence-corrected chi connectivity index (χ4v) is 6.63. The lowest BCUT2D eigenvalue weighted by molar-refractivity contribution is -0.118. The van der Waals surface area contributed by atoms with Crippen molar-refractivity contribution in [1.29, 1.82) is 0 Å². The zero-order chi connectivity index (χ0) is 29.9. The molecule has 42 heavy (non-hydrogen) atoms. The van der Waals surface area contributed by atoms with Crippen molar-refractivity contribution in [3.63, 3.8) is 0 Å². The molecule has 0 spiro atoms. The number of likely N-dealkylation sites (N-methyl/N-ethyl adjacent to an activating group) is 1. The minimum absolute atomic E-state index is 0.217. The highest BCUT2D eigenvalue weighted by molar-refractivity contribution is 8.15. The average Bonchev–Trinajstić information content (AvgIpc) is 3.28. The van der Waals surface area contributed by atoms with Gasteiger partial charge in [-0.2, -0.15) is 0 Å². The number of nitrogens with zero attached hydrogens (tertiary/aromatic N) is 1. The number of nitrogens with one attached hydrogen (secondary N) is 1. The first-order valence-corrected chi connectivity index (χ1v) is 15.4. The van der Waals surface area contributed by atoms with Crippen LogP contribution in [0.4, 0.5) is 4.79 Å². The van der Waals surface area contributed by atoms with Gasteiger partial charge < -0.3 is 14.2 Å². The van der Waals surface area contributed by atoms with E-state index in [2.05, 4.69) is 57.1 Å². The molecular formula is C34H40N2O5S. The molecule has 0 aliphatic carbocycles. The Bertz CT molecular complexity index is 1440. The molecule has 3 aromatic rings. The summed E-state index contributed by atoms with van der Waals surface area (Å²) in [6.45, 7) is 11.3. The number of benzene rings is 3. The number of thioether (sulfide) groups is 1. The van der Waals surface area contributed by atoms with E-state index < -0.39 is 0 Å². The standard InChI is InChI=1S/C34H40N2O5S/c1-22-23(2)31-28(24(3)30(22)40-20-26-9-7-6-8-10-26)15-16-34(4,41-31)21-36(5)17-18-39-27-13-11-25(12-14-27)19-29-32(37)35-33(38)42-29/h6-14,29H,15-21H2,1-5H3,(H,35,37,38). The van der Waals surface area contributed by atoms with Gasteiger partial charge >= 0.3 is 0 Å². The number of amides is 2. The summed E-state index contributed by atoms with van der Waals surface area (Å²) in [4.78, 5) is 25.5. The zero-order valence-electron chi connectivity index (χ0n) is 25.1. The van der Waals surface area contributed by atoms with Gasteiger partial charge in [0, 0.05) is 18.7 Å². The Kier molecular flexibility index (Phi) is 9.13. The van der Waals surface area contributed by atoms with E-state index in [1.165, 1.54) is 11.1 Å². The highest BCUT2D eigenvalue weighted by atomic mass is 32.2. The van der Waals surface area contributed by atoms with Crippen LogP contribution in [-0.4, -0.2) is 53.6 Å². The van der Waals surface area contributed by atoms with E-state index in [0.717, 1.165) is 77.2 Å². The van der Waals surface area contributed by atoms with Gasteiger partial charge in [0.15, 0.2) is 0 Å². The van der Waals surface area contributed by atoms with Crippen molar-refractivity contribution < 1.29 is 23.8 Å². The summed E-state index contributed by atoms with van der Waals surface area (Å²) in [5.41, 5.74) is 6.58. The average molecular weight is 589 g/mol. The molecule has 1 N–H and O–H groups in total. The van der Waals surface area contributed by atoms with Crippen LogP contribution in [0, 0.1) is 20.8 Å². The highest BCUT2D eigenvalue weighted by Crippen LogP contribution is 2.44. The van der Waals surface area contributed by atoms with Crippen molar-refractivity contribution in [2.75, 3.05) is 26.7 Å². The maximum absolute atomic E-state index is 11.8. The number of imide groups is 1. The highest BCUT2D eigenvalue weighted by Gasteiger charge is 2.36. The first-order chi connectivity index (χ1) is 20.1. The molecule has 2 aliphatic heterocycles. The van der Waals surface area contributed by atoms with Gasteiger partial charge in [0.1, 0.15) is 36.1 Å². The van der Waals surface area contributed by atoms with E-state index in [9.17, 15) is 9.59 Å².